The van der Waals surface area contributed by atoms with Crippen LogP contribution >= 0.6 is 24.0 Å². The molecule has 0 radical (unpaired) electrons. The third-order valence-electron chi connectivity index (χ3n) is 8.28. The number of amides is 1. The van der Waals surface area contributed by atoms with E-state index in [1.54, 1.807) is 34.6 Å². The van der Waals surface area contributed by atoms with Gasteiger partial charge in [-0.25, -0.2) is 4.39 Å². The Hall–Kier alpha value is -4.34. The first-order valence-corrected chi connectivity index (χ1v) is 16.1. The van der Waals surface area contributed by atoms with E-state index in [4.69, 9.17) is 21.7 Å². The number of carbonyl (C=O) groups excluding carboxylic acids is 1. The maximum Gasteiger partial charge on any atom is 0.270 e. The summed E-state index contributed by atoms with van der Waals surface area (Å²) >= 11 is 6.84. The first-order chi connectivity index (χ1) is 21.8. The molecule has 0 unspecified atom stereocenters. The number of hydrogen-bond acceptors (Lipinski definition) is 9. The second-order valence-corrected chi connectivity index (χ2v) is 12.7. The SMILES string of the molecule is CCCCn1c(N2CCN(c3ccccc3F)CC2)c(/C=C2\SC(=S)N(Cc3ccc4c(c3)OCO4)C2=O)c(C)c(C#N)c1=O. The molecule has 3 aliphatic heterocycles. The lowest BCUT2D eigenvalue weighted by Gasteiger charge is -2.39. The molecule has 1 aromatic heterocycles. The Bertz CT molecular complexity index is 1810. The second-order valence-electron chi connectivity index (χ2n) is 11.0. The van der Waals surface area contributed by atoms with Gasteiger partial charge in [-0.05, 0) is 54.8 Å². The van der Waals surface area contributed by atoms with Crippen LogP contribution in [0.15, 0.2) is 52.2 Å². The Kier molecular flexibility index (Phi) is 8.83. The van der Waals surface area contributed by atoms with Crippen molar-refractivity contribution in [2.24, 2.45) is 0 Å². The van der Waals surface area contributed by atoms with Crippen molar-refractivity contribution in [1.82, 2.24) is 9.47 Å². The van der Waals surface area contributed by atoms with Gasteiger partial charge in [0.15, 0.2) is 11.5 Å². The number of nitriles is 1. The van der Waals surface area contributed by atoms with Crippen LogP contribution in [-0.4, -0.2) is 52.7 Å². The molecule has 0 aliphatic carbocycles. The van der Waals surface area contributed by atoms with Crippen molar-refractivity contribution in [2.45, 2.75) is 39.8 Å². The molecule has 6 rings (SSSR count). The van der Waals surface area contributed by atoms with Gasteiger partial charge in [0.1, 0.15) is 27.6 Å². The van der Waals surface area contributed by atoms with Crippen molar-refractivity contribution in [3.8, 4) is 17.6 Å². The van der Waals surface area contributed by atoms with Gasteiger partial charge in [-0.3, -0.25) is 19.1 Å². The average molecular weight is 646 g/mol. The number of anilines is 2. The smallest absolute Gasteiger partial charge is 0.270 e. The Balaban J connectivity index is 1.36. The number of ether oxygens (including phenoxy) is 2. The van der Waals surface area contributed by atoms with Crippen LogP contribution in [-0.2, 0) is 17.9 Å². The molecule has 232 valence electrons. The monoisotopic (exact) mass is 645 g/mol. The summed E-state index contributed by atoms with van der Waals surface area (Å²) in [5, 5.41) is 10.0. The fourth-order valence-corrected chi connectivity index (χ4v) is 7.10. The maximum absolute atomic E-state index is 14.6. The zero-order valence-electron chi connectivity index (χ0n) is 25.0. The average Bonchev–Trinajstić information content (AvgIpc) is 3.62. The highest BCUT2D eigenvalue weighted by Crippen LogP contribution is 2.38. The molecular weight excluding hydrogens is 614 g/mol. The number of nitrogens with zero attached hydrogens (tertiary/aromatic N) is 5. The van der Waals surface area contributed by atoms with E-state index >= 15 is 0 Å². The lowest BCUT2D eigenvalue weighted by molar-refractivity contribution is -0.122. The largest absolute Gasteiger partial charge is 0.454 e. The number of carbonyl (C=O) groups is 1. The number of thioether (sulfide) groups is 1. The number of benzene rings is 2. The molecule has 3 aromatic rings. The first-order valence-electron chi connectivity index (χ1n) is 14.9. The number of piperazine rings is 1. The van der Waals surface area contributed by atoms with Crippen LogP contribution in [0.3, 0.4) is 0 Å². The third-order valence-corrected chi connectivity index (χ3v) is 9.66. The van der Waals surface area contributed by atoms with Crippen LogP contribution in [0, 0.1) is 24.1 Å². The van der Waals surface area contributed by atoms with Crippen LogP contribution in [0.25, 0.3) is 6.08 Å². The van der Waals surface area contributed by atoms with Gasteiger partial charge in [-0.15, -0.1) is 0 Å². The van der Waals surface area contributed by atoms with Gasteiger partial charge in [0.05, 0.1) is 17.1 Å². The zero-order chi connectivity index (χ0) is 31.7. The predicted octanol–water partition coefficient (Wildman–Crippen LogP) is 5.42. The van der Waals surface area contributed by atoms with E-state index in [2.05, 4.69) is 11.0 Å². The summed E-state index contributed by atoms with van der Waals surface area (Å²) in [6.07, 6.45) is 3.37. The number of hydrogen-bond donors (Lipinski definition) is 0. The molecular formula is C33H32FN5O4S2. The normalized spacial score (nSPS) is 17.0. The van der Waals surface area contributed by atoms with Gasteiger partial charge >= 0.3 is 0 Å². The van der Waals surface area contributed by atoms with Crippen molar-refractivity contribution >= 4 is 51.8 Å². The van der Waals surface area contributed by atoms with E-state index in [9.17, 15) is 19.2 Å². The van der Waals surface area contributed by atoms with Crippen molar-refractivity contribution in [2.75, 3.05) is 42.8 Å². The van der Waals surface area contributed by atoms with E-state index in [0.717, 1.165) is 18.4 Å². The highest BCUT2D eigenvalue weighted by atomic mass is 32.2. The fraction of sp³-hybridized carbons (Fsp3) is 0.333. The number of unbranched alkanes of at least 4 members (excludes halogenated alkanes) is 1. The predicted molar refractivity (Wildman–Crippen MR) is 177 cm³/mol. The third kappa shape index (κ3) is 5.90. The molecule has 3 aliphatic rings. The van der Waals surface area contributed by atoms with Crippen LogP contribution in [0.2, 0.25) is 0 Å². The van der Waals surface area contributed by atoms with Crippen molar-refractivity contribution in [1.29, 1.82) is 5.26 Å². The topological polar surface area (TPSA) is 91.0 Å². The molecule has 2 aromatic carbocycles. The Morgan fingerprint density at radius 2 is 1.80 bits per heavy atom. The molecule has 0 N–H and O–H groups in total. The highest BCUT2D eigenvalue weighted by Gasteiger charge is 2.34. The number of fused-ring (bicyclic) bond motifs is 1. The molecule has 1 amide bonds. The number of halogens is 1. The Morgan fingerprint density at radius 3 is 2.53 bits per heavy atom. The number of aromatic nitrogens is 1. The quantitative estimate of drug-likeness (QED) is 0.235. The Morgan fingerprint density at radius 1 is 1.07 bits per heavy atom. The lowest BCUT2D eigenvalue weighted by atomic mass is 10.0. The molecule has 45 heavy (non-hydrogen) atoms. The summed E-state index contributed by atoms with van der Waals surface area (Å²) in [5.74, 6) is 1.43. The van der Waals surface area contributed by atoms with Crippen LogP contribution in [0.4, 0.5) is 15.9 Å². The van der Waals surface area contributed by atoms with Gasteiger partial charge in [-0.1, -0.05) is 55.5 Å². The Labute approximate surface area is 270 Å². The molecule has 12 heteroatoms. The van der Waals surface area contributed by atoms with Gasteiger partial charge in [0.2, 0.25) is 6.79 Å². The van der Waals surface area contributed by atoms with E-state index in [0.29, 0.717) is 76.1 Å². The summed E-state index contributed by atoms with van der Waals surface area (Å²) in [4.78, 5) is 33.5. The minimum absolute atomic E-state index is 0.0573. The summed E-state index contributed by atoms with van der Waals surface area (Å²) in [6, 6.07) is 14.4. The molecule has 0 saturated carbocycles. The molecule has 2 fully saturated rings. The van der Waals surface area contributed by atoms with Crippen LogP contribution < -0.4 is 24.8 Å². The lowest BCUT2D eigenvalue weighted by Crippen LogP contribution is -2.49. The van der Waals surface area contributed by atoms with E-state index in [1.807, 2.05) is 36.1 Å². The summed E-state index contributed by atoms with van der Waals surface area (Å²) in [7, 11) is 0. The maximum atomic E-state index is 14.6. The highest BCUT2D eigenvalue weighted by molar-refractivity contribution is 8.26. The van der Waals surface area contributed by atoms with Crippen molar-refractivity contribution in [3.63, 3.8) is 0 Å². The number of rotatable bonds is 8. The van der Waals surface area contributed by atoms with Gasteiger partial charge in [0.25, 0.3) is 11.5 Å². The van der Waals surface area contributed by atoms with Crippen LogP contribution in [0.5, 0.6) is 11.5 Å². The van der Waals surface area contributed by atoms with E-state index in [1.165, 1.54) is 17.8 Å². The molecule has 0 bridgehead atoms. The minimum atomic E-state index is -0.345. The molecule has 4 heterocycles. The first kappa shape index (κ1) is 30.7. The standard InChI is InChI=1S/C33H32FN5O4S2/c1-3-4-11-38-30(37-14-12-36(13-15-37)26-8-6-5-7-25(26)34)23(21(2)24(18-35)31(38)40)17-29-32(41)39(33(44)45-29)19-22-9-10-27-28(16-22)43-20-42-27/h5-10,16-17H,3-4,11-15,19-20H2,1-2H3/b29-17-. The zero-order valence-corrected chi connectivity index (χ0v) is 26.7. The van der Waals surface area contributed by atoms with Crippen molar-refractivity contribution < 1.29 is 18.7 Å². The van der Waals surface area contributed by atoms with Crippen molar-refractivity contribution in [3.05, 3.63) is 85.8 Å². The van der Waals surface area contributed by atoms with E-state index in [-0.39, 0.29) is 36.2 Å². The molecule has 0 atom stereocenters. The molecule has 0 spiro atoms. The minimum Gasteiger partial charge on any atom is -0.454 e. The number of pyridine rings is 1. The fourth-order valence-electron chi connectivity index (χ4n) is 5.87. The summed E-state index contributed by atoms with van der Waals surface area (Å²) < 4.78 is 27.6. The molecule has 2 saturated heterocycles. The van der Waals surface area contributed by atoms with Gasteiger partial charge in [0, 0.05) is 38.3 Å². The number of para-hydroxylation sites is 1. The summed E-state index contributed by atoms with van der Waals surface area (Å²) in [6.45, 7) is 6.78. The van der Waals surface area contributed by atoms with Gasteiger partial charge < -0.3 is 19.3 Å². The second kappa shape index (κ2) is 12.9. The van der Waals surface area contributed by atoms with E-state index < -0.39 is 0 Å². The summed E-state index contributed by atoms with van der Waals surface area (Å²) in [5.41, 5.74) is 2.27. The number of thiocarbonyl (C=S) groups is 1. The molecule has 9 nitrogen and oxygen atoms in total. The van der Waals surface area contributed by atoms with Crippen LogP contribution in [0.1, 0.15) is 42.0 Å². The van der Waals surface area contributed by atoms with Gasteiger partial charge in [-0.2, -0.15) is 5.26 Å².